The highest BCUT2D eigenvalue weighted by Gasteiger charge is 2.30. The molecule has 0 saturated heterocycles. The third-order valence-corrected chi connectivity index (χ3v) is 5.03. The molecule has 1 aliphatic carbocycles. The normalized spacial score (nSPS) is 12.7. The van der Waals surface area contributed by atoms with E-state index >= 15 is 0 Å². The van der Waals surface area contributed by atoms with Crippen molar-refractivity contribution in [1.82, 2.24) is 0 Å². The van der Waals surface area contributed by atoms with Gasteiger partial charge in [-0.2, -0.15) is 0 Å². The van der Waals surface area contributed by atoms with Crippen LogP contribution in [0.25, 0.3) is 11.1 Å². The largest absolute Gasteiger partial charge is 0.289 e. The predicted molar refractivity (Wildman–Crippen MR) is 104 cm³/mol. The maximum absolute atomic E-state index is 13.0. The van der Waals surface area contributed by atoms with Crippen molar-refractivity contribution in [2.45, 2.75) is 26.2 Å². The molecule has 3 aromatic rings. The first-order valence-electron chi connectivity index (χ1n) is 9.11. The van der Waals surface area contributed by atoms with Crippen molar-refractivity contribution in [1.29, 1.82) is 0 Å². The van der Waals surface area contributed by atoms with Gasteiger partial charge in [-0.15, -0.1) is 0 Å². The summed E-state index contributed by atoms with van der Waals surface area (Å²) >= 11 is 0. The van der Waals surface area contributed by atoms with Gasteiger partial charge in [-0.25, -0.2) is 0 Å². The third-order valence-electron chi connectivity index (χ3n) is 5.03. The van der Waals surface area contributed by atoms with Crippen molar-refractivity contribution in [2.24, 2.45) is 0 Å². The van der Waals surface area contributed by atoms with E-state index in [0.717, 1.165) is 36.0 Å². The van der Waals surface area contributed by atoms with Crippen LogP contribution in [0.4, 0.5) is 0 Å². The molecule has 3 aromatic carbocycles. The number of unbranched alkanes of at least 4 members (excludes halogenated alkanes) is 1. The number of hydrogen-bond acceptors (Lipinski definition) is 2. The highest BCUT2D eigenvalue weighted by atomic mass is 16.1. The van der Waals surface area contributed by atoms with E-state index in [4.69, 9.17) is 0 Å². The smallest absolute Gasteiger partial charge is 0.194 e. The van der Waals surface area contributed by atoms with Crippen molar-refractivity contribution < 1.29 is 9.59 Å². The molecule has 0 aliphatic heterocycles. The summed E-state index contributed by atoms with van der Waals surface area (Å²) in [5.74, 6) is -0.109. The van der Waals surface area contributed by atoms with Gasteiger partial charge >= 0.3 is 0 Å². The van der Waals surface area contributed by atoms with Crippen LogP contribution in [0.3, 0.4) is 0 Å². The van der Waals surface area contributed by atoms with Gasteiger partial charge in [0.25, 0.3) is 0 Å². The Morgan fingerprint density at radius 2 is 1.23 bits per heavy atom. The molecular formula is C24H20O2. The van der Waals surface area contributed by atoms with Gasteiger partial charge in [0, 0.05) is 22.3 Å². The fourth-order valence-electron chi connectivity index (χ4n) is 3.65. The molecule has 0 fully saturated rings. The van der Waals surface area contributed by atoms with E-state index in [0.29, 0.717) is 22.3 Å². The van der Waals surface area contributed by atoms with Crippen LogP contribution in [0.2, 0.25) is 0 Å². The lowest BCUT2D eigenvalue weighted by atomic mass is 9.80. The van der Waals surface area contributed by atoms with Crippen molar-refractivity contribution >= 4 is 11.6 Å². The Morgan fingerprint density at radius 1 is 0.654 bits per heavy atom. The van der Waals surface area contributed by atoms with Crippen LogP contribution in [0.1, 0.15) is 57.2 Å². The molecule has 0 N–H and O–H groups in total. The number of hydrogen-bond donors (Lipinski definition) is 0. The average molecular weight is 340 g/mol. The molecule has 2 heteroatoms. The molecule has 0 unspecified atom stereocenters. The van der Waals surface area contributed by atoms with E-state index < -0.39 is 0 Å². The van der Waals surface area contributed by atoms with Crippen molar-refractivity contribution in [3.05, 3.63) is 94.5 Å². The lowest BCUT2D eigenvalue weighted by Gasteiger charge is -2.20. The van der Waals surface area contributed by atoms with E-state index in [9.17, 15) is 9.59 Å². The number of rotatable bonds is 4. The van der Waals surface area contributed by atoms with Crippen LogP contribution >= 0.6 is 0 Å². The van der Waals surface area contributed by atoms with Crippen LogP contribution in [0.5, 0.6) is 0 Å². The summed E-state index contributed by atoms with van der Waals surface area (Å²) < 4.78 is 0. The molecule has 0 saturated carbocycles. The van der Waals surface area contributed by atoms with E-state index in [2.05, 4.69) is 19.1 Å². The first-order valence-corrected chi connectivity index (χ1v) is 9.11. The number of fused-ring (bicyclic) bond motifs is 2. The minimum absolute atomic E-state index is 0.0486. The van der Waals surface area contributed by atoms with Crippen molar-refractivity contribution in [3.8, 4) is 11.1 Å². The number of benzene rings is 3. The van der Waals surface area contributed by atoms with E-state index in [1.807, 2.05) is 42.5 Å². The minimum Gasteiger partial charge on any atom is -0.289 e. The maximum atomic E-state index is 13.0. The van der Waals surface area contributed by atoms with Gasteiger partial charge in [0.2, 0.25) is 0 Å². The summed E-state index contributed by atoms with van der Waals surface area (Å²) in [6.07, 6.45) is 3.04. The molecule has 0 spiro atoms. The summed E-state index contributed by atoms with van der Waals surface area (Å²) in [5.41, 5.74) is 5.35. The summed E-state index contributed by atoms with van der Waals surface area (Å²) in [5, 5.41) is 0. The van der Waals surface area contributed by atoms with E-state index in [-0.39, 0.29) is 11.6 Å². The molecule has 4 rings (SSSR count). The molecule has 1 aliphatic rings. The average Bonchev–Trinajstić information content (AvgIpc) is 2.70. The Labute approximate surface area is 153 Å². The molecule has 128 valence electrons. The minimum atomic E-state index is -0.0607. The third kappa shape index (κ3) is 2.68. The number of carbonyl (C=O) groups excluding carboxylic acids is 2. The Kier molecular flexibility index (Phi) is 4.26. The number of ketones is 2. The SMILES string of the molecule is CCCCc1cc2c(cc1-c1ccccc1)C(=O)c1ccccc1C2=O. The Hall–Kier alpha value is -3.00. The fourth-order valence-corrected chi connectivity index (χ4v) is 3.65. The van der Waals surface area contributed by atoms with Crippen LogP contribution < -0.4 is 0 Å². The quantitative estimate of drug-likeness (QED) is 0.493. The van der Waals surface area contributed by atoms with Gasteiger partial charge < -0.3 is 0 Å². The van der Waals surface area contributed by atoms with Gasteiger partial charge in [0.05, 0.1) is 0 Å². The molecule has 2 nitrogen and oxygen atoms in total. The maximum Gasteiger partial charge on any atom is 0.194 e. The fraction of sp³-hybridized carbons (Fsp3) is 0.167. The topological polar surface area (TPSA) is 34.1 Å². The van der Waals surface area contributed by atoms with Gasteiger partial charge in [0.15, 0.2) is 11.6 Å². The molecule has 0 bridgehead atoms. The molecule has 0 aromatic heterocycles. The molecule has 0 radical (unpaired) electrons. The zero-order valence-corrected chi connectivity index (χ0v) is 14.8. The monoisotopic (exact) mass is 340 g/mol. The lowest BCUT2D eigenvalue weighted by molar-refractivity contribution is 0.0979. The van der Waals surface area contributed by atoms with Crippen LogP contribution in [0.15, 0.2) is 66.7 Å². The molecule has 0 atom stereocenters. The predicted octanol–water partition coefficient (Wildman–Crippen LogP) is 5.47. The van der Waals surface area contributed by atoms with Gasteiger partial charge in [-0.1, -0.05) is 67.9 Å². The standard InChI is InChI=1S/C24H20O2/c1-2-3-9-17-14-21-22(15-20(17)16-10-5-4-6-11-16)24(26)19-13-8-7-12-18(19)23(21)25/h4-8,10-15H,2-3,9H2,1H3. The Bertz CT molecular complexity index is 1000. The summed E-state index contributed by atoms with van der Waals surface area (Å²) in [6, 6.07) is 21.1. The van der Waals surface area contributed by atoms with Crippen LogP contribution in [-0.4, -0.2) is 11.6 Å². The summed E-state index contributed by atoms with van der Waals surface area (Å²) in [6.45, 7) is 2.16. The van der Waals surface area contributed by atoms with Crippen LogP contribution in [0, 0.1) is 0 Å². The van der Waals surface area contributed by atoms with Gasteiger partial charge in [-0.05, 0) is 41.7 Å². The molecule has 0 amide bonds. The molecule has 26 heavy (non-hydrogen) atoms. The van der Waals surface area contributed by atoms with Crippen molar-refractivity contribution in [3.63, 3.8) is 0 Å². The zero-order chi connectivity index (χ0) is 18.1. The van der Waals surface area contributed by atoms with E-state index in [1.165, 1.54) is 0 Å². The second-order valence-corrected chi connectivity index (χ2v) is 6.73. The zero-order valence-electron chi connectivity index (χ0n) is 14.8. The lowest BCUT2D eigenvalue weighted by Crippen LogP contribution is -2.21. The van der Waals surface area contributed by atoms with E-state index in [1.54, 1.807) is 12.1 Å². The first-order chi connectivity index (χ1) is 12.7. The summed E-state index contributed by atoms with van der Waals surface area (Å²) in [7, 11) is 0. The summed E-state index contributed by atoms with van der Waals surface area (Å²) in [4.78, 5) is 26.0. The molecular weight excluding hydrogens is 320 g/mol. The van der Waals surface area contributed by atoms with Gasteiger partial charge in [0.1, 0.15) is 0 Å². The van der Waals surface area contributed by atoms with Crippen LogP contribution in [-0.2, 0) is 6.42 Å². The first kappa shape index (κ1) is 16.5. The Morgan fingerprint density at radius 3 is 1.85 bits per heavy atom. The second kappa shape index (κ2) is 6.72. The molecule has 0 heterocycles. The Balaban J connectivity index is 1.93. The highest BCUT2D eigenvalue weighted by Crippen LogP contribution is 2.34. The second-order valence-electron chi connectivity index (χ2n) is 6.73. The van der Waals surface area contributed by atoms with Gasteiger partial charge in [-0.3, -0.25) is 9.59 Å². The highest BCUT2D eigenvalue weighted by molar-refractivity contribution is 6.28. The number of carbonyl (C=O) groups is 2. The van der Waals surface area contributed by atoms with Crippen molar-refractivity contribution in [2.75, 3.05) is 0 Å². The number of aryl methyl sites for hydroxylation is 1.